The summed E-state index contributed by atoms with van der Waals surface area (Å²) in [5.41, 5.74) is -0.581. The molecule has 6 rings (SSSR count). The smallest absolute Gasteiger partial charge is 0.253 e. The van der Waals surface area contributed by atoms with Crippen molar-refractivity contribution in [3.8, 4) is 0 Å². The van der Waals surface area contributed by atoms with Gasteiger partial charge in [-0.3, -0.25) is 14.4 Å². The highest BCUT2D eigenvalue weighted by Crippen LogP contribution is 2.66. The van der Waals surface area contributed by atoms with Gasteiger partial charge in [-0.25, -0.2) is 0 Å². The van der Waals surface area contributed by atoms with Gasteiger partial charge < -0.3 is 24.5 Å². The number of likely N-dealkylation sites (tertiary alicyclic amines) is 1. The molecule has 3 heterocycles. The molecular formula is C41H49N3O5. The minimum atomic E-state index is -1.25. The Kier molecular flexibility index (Phi) is 9.57. The largest absolute Gasteiger partial charge is 0.394 e. The van der Waals surface area contributed by atoms with E-state index in [0.717, 1.165) is 16.3 Å². The molecule has 8 heteroatoms. The third kappa shape index (κ3) is 5.79. The molecule has 3 unspecified atom stereocenters. The molecule has 3 aliphatic heterocycles. The van der Waals surface area contributed by atoms with Crippen LogP contribution in [0, 0.1) is 23.7 Å². The van der Waals surface area contributed by atoms with Crippen LogP contribution >= 0.6 is 0 Å². The van der Waals surface area contributed by atoms with Gasteiger partial charge in [-0.1, -0.05) is 93.6 Å². The predicted octanol–water partition coefficient (Wildman–Crippen LogP) is 5.99. The van der Waals surface area contributed by atoms with Crippen molar-refractivity contribution < 1.29 is 24.2 Å². The molecule has 258 valence electrons. The van der Waals surface area contributed by atoms with Crippen molar-refractivity contribution in [1.82, 2.24) is 9.80 Å². The van der Waals surface area contributed by atoms with Gasteiger partial charge in [0.15, 0.2) is 0 Å². The van der Waals surface area contributed by atoms with Crippen molar-refractivity contribution in [3.05, 3.63) is 104 Å². The maximum Gasteiger partial charge on any atom is 0.253 e. The van der Waals surface area contributed by atoms with Crippen molar-refractivity contribution in [2.75, 3.05) is 24.6 Å². The molecule has 0 aromatic heterocycles. The lowest BCUT2D eigenvalue weighted by Crippen LogP contribution is -2.59. The summed E-state index contributed by atoms with van der Waals surface area (Å²) in [5, 5.41) is 12.8. The number of anilines is 1. The van der Waals surface area contributed by atoms with E-state index < -0.39 is 35.1 Å². The van der Waals surface area contributed by atoms with E-state index in [1.54, 1.807) is 26.9 Å². The summed E-state index contributed by atoms with van der Waals surface area (Å²) >= 11 is 0. The van der Waals surface area contributed by atoms with Gasteiger partial charge in [0.2, 0.25) is 11.8 Å². The SMILES string of the molecule is C=CCN(Cc1ccccc1)C(=O)[C@@H]1[C@H]2C(=O)N([C@@H](CO)CC(C)C)C(C(=O)N(CC=C)c3ccc4ccccc4c3)C23CC(C)[C@@]1(C)O3. The fraction of sp³-hybridized carbons (Fsp3) is 0.439. The molecule has 1 spiro atoms. The van der Waals surface area contributed by atoms with Gasteiger partial charge in [-0.05, 0) is 60.1 Å². The first-order chi connectivity index (χ1) is 23.5. The summed E-state index contributed by atoms with van der Waals surface area (Å²) in [7, 11) is 0. The minimum Gasteiger partial charge on any atom is -0.394 e. The highest BCUT2D eigenvalue weighted by atomic mass is 16.5. The van der Waals surface area contributed by atoms with Crippen LogP contribution in [0.1, 0.15) is 46.1 Å². The maximum atomic E-state index is 15.2. The van der Waals surface area contributed by atoms with Gasteiger partial charge in [0.05, 0.1) is 30.1 Å². The highest BCUT2D eigenvalue weighted by molar-refractivity contribution is 6.06. The van der Waals surface area contributed by atoms with E-state index in [4.69, 9.17) is 4.74 Å². The Hall–Kier alpha value is -4.27. The lowest BCUT2D eigenvalue weighted by Gasteiger charge is -2.40. The van der Waals surface area contributed by atoms with Crippen LogP contribution in [0.2, 0.25) is 0 Å². The van der Waals surface area contributed by atoms with Gasteiger partial charge in [0.25, 0.3) is 5.91 Å². The van der Waals surface area contributed by atoms with Crippen LogP contribution in [0.3, 0.4) is 0 Å². The lowest BCUT2D eigenvalue weighted by molar-refractivity contribution is -0.154. The number of ether oxygens (including phenoxy) is 1. The normalized spacial score (nSPS) is 27.7. The number of fused-ring (bicyclic) bond motifs is 2. The van der Waals surface area contributed by atoms with E-state index in [2.05, 4.69) is 20.1 Å². The van der Waals surface area contributed by atoms with Crippen LogP contribution in [-0.4, -0.2) is 75.6 Å². The Bertz CT molecular complexity index is 1740. The third-order valence-electron chi connectivity index (χ3n) is 11.1. The molecule has 3 saturated heterocycles. The fourth-order valence-electron chi connectivity index (χ4n) is 8.88. The molecule has 3 aromatic rings. The van der Waals surface area contributed by atoms with Crippen LogP contribution in [0.4, 0.5) is 5.69 Å². The van der Waals surface area contributed by atoms with Crippen LogP contribution in [-0.2, 0) is 25.7 Å². The Morgan fingerprint density at radius 3 is 2.33 bits per heavy atom. The van der Waals surface area contributed by atoms with Gasteiger partial charge in [0, 0.05) is 25.3 Å². The van der Waals surface area contributed by atoms with Crippen molar-refractivity contribution in [1.29, 1.82) is 0 Å². The molecule has 49 heavy (non-hydrogen) atoms. The molecule has 3 aromatic carbocycles. The number of rotatable bonds is 13. The zero-order chi connectivity index (χ0) is 35.1. The summed E-state index contributed by atoms with van der Waals surface area (Å²) in [5.74, 6) is -2.47. The zero-order valence-corrected chi connectivity index (χ0v) is 29.1. The molecule has 0 aliphatic carbocycles. The van der Waals surface area contributed by atoms with Crippen LogP contribution in [0.25, 0.3) is 10.8 Å². The van der Waals surface area contributed by atoms with Crippen molar-refractivity contribution in [3.63, 3.8) is 0 Å². The first kappa shape index (κ1) is 34.6. The number of nitrogens with zero attached hydrogens (tertiary/aromatic N) is 3. The summed E-state index contributed by atoms with van der Waals surface area (Å²) < 4.78 is 7.07. The van der Waals surface area contributed by atoms with Gasteiger partial charge >= 0.3 is 0 Å². The number of hydrogen-bond acceptors (Lipinski definition) is 5. The number of hydrogen-bond donors (Lipinski definition) is 1. The standard InChI is InChI=1S/C41H49N3O5/c1-7-20-42(25-29-14-10-9-11-15-29)37(46)34-35-38(47)44(33(26-45)22-27(3)4)36(41(35)24-28(5)40(34,6)49-41)39(48)43(21-8-2)32-19-18-30-16-12-13-17-31(30)23-32/h7-19,23,27-28,33-36,45H,1-2,20-22,24-26H2,3-6H3/t28?,33-,34+,35+,36?,40-,41?/m1/s1. The average molecular weight is 664 g/mol. The molecule has 0 saturated carbocycles. The van der Waals surface area contributed by atoms with E-state index in [-0.39, 0.29) is 42.7 Å². The Morgan fingerprint density at radius 1 is 1.00 bits per heavy atom. The molecule has 3 aliphatic rings. The average Bonchev–Trinajstić information content (AvgIpc) is 3.61. The van der Waals surface area contributed by atoms with E-state index >= 15 is 9.59 Å². The van der Waals surface area contributed by atoms with Crippen LogP contribution < -0.4 is 4.90 Å². The molecule has 3 amide bonds. The van der Waals surface area contributed by atoms with E-state index in [1.807, 2.05) is 93.6 Å². The van der Waals surface area contributed by atoms with E-state index in [9.17, 15) is 9.90 Å². The van der Waals surface area contributed by atoms with E-state index in [1.165, 1.54) is 0 Å². The molecule has 8 nitrogen and oxygen atoms in total. The first-order valence-corrected chi connectivity index (χ1v) is 17.5. The van der Waals surface area contributed by atoms with E-state index in [0.29, 0.717) is 31.6 Å². The van der Waals surface area contributed by atoms with Crippen molar-refractivity contribution in [2.24, 2.45) is 23.7 Å². The summed E-state index contributed by atoms with van der Waals surface area (Å²) in [6, 6.07) is 21.9. The van der Waals surface area contributed by atoms with Gasteiger partial charge in [-0.2, -0.15) is 0 Å². The third-order valence-corrected chi connectivity index (χ3v) is 11.1. The summed E-state index contributed by atoms with van der Waals surface area (Å²) in [4.78, 5) is 50.1. The highest BCUT2D eigenvalue weighted by Gasteiger charge is 2.80. The molecule has 0 radical (unpaired) electrons. The maximum absolute atomic E-state index is 15.2. The number of carbonyl (C=O) groups is 3. The number of aliphatic hydroxyl groups excluding tert-OH is 1. The predicted molar refractivity (Wildman–Crippen MR) is 192 cm³/mol. The Balaban J connectivity index is 1.47. The summed E-state index contributed by atoms with van der Waals surface area (Å²) in [6.07, 6.45) is 4.32. The second kappa shape index (κ2) is 13.6. The molecule has 1 N–H and O–H groups in total. The molecule has 2 bridgehead atoms. The molecule has 7 atom stereocenters. The molecular weight excluding hydrogens is 614 g/mol. The van der Waals surface area contributed by atoms with Crippen molar-refractivity contribution >= 4 is 34.2 Å². The number of amides is 3. The van der Waals surface area contributed by atoms with Crippen LogP contribution in [0.5, 0.6) is 0 Å². The van der Waals surface area contributed by atoms with Crippen LogP contribution in [0.15, 0.2) is 98.1 Å². The quantitative estimate of drug-likeness (QED) is 0.227. The molecule has 3 fully saturated rings. The van der Waals surface area contributed by atoms with Gasteiger partial charge in [-0.15, -0.1) is 13.2 Å². The second-order valence-corrected chi connectivity index (χ2v) is 14.7. The fourth-order valence-corrected chi connectivity index (χ4v) is 8.88. The lowest BCUT2D eigenvalue weighted by atomic mass is 9.62. The van der Waals surface area contributed by atoms with Gasteiger partial charge in [0.1, 0.15) is 11.6 Å². The number of carbonyl (C=O) groups excluding carboxylic acids is 3. The first-order valence-electron chi connectivity index (χ1n) is 17.5. The topological polar surface area (TPSA) is 90.4 Å². The minimum absolute atomic E-state index is 0.116. The van der Waals surface area contributed by atoms with Crippen molar-refractivity contribution in [2.45, 2.75) is 70.4 Å². The zero-order valence-electron chi connectivity index (χ0n) is 29.1. The summed E-state index contributed by atoms with van der Waals surface area (Å²) in [6.45, 7) is 16.5. The number of aliphatic hydroxyl groups is 1. The monoisotopic (exact) mass is 663 g/mol. The second-order valence-electron chi connectivity index (χ2n) is 14.7. The Labute approximate surface area is 290 Å². The number of benzene rings is 3. The Morgan fingerprint density at radius 2 is 1.67 bits per heavy atom.